The molecule has 0 aliphatic rings. The van der Waals surface area contributed by atoms with Crippen molar-refractivity contribution in [3.05, 3.63) is 44.9 Å². The second-order valence-electron chi connectivity index (χ2n) is 2.80. The molecular weight excluding hydrogens is 236 g/mol. The molecule has 17 heavy (non-hydrogen) atoms. The van der Waals surface area contributed by atoms with Gasteiger partial charge in [0.15, 0.2) is 0 Å². The number of hydrogen-bond acceptors (Lipinski definition) is 7. The predicted molar refractivity (Wildman–Crippen MR) is 50.8 cm³/mol. The van der Waals surface area contributed by atoms with Crippen LogP contribution in [-0.2, 0) is 0 Å². The van der Waals surface area contributed by atoms with Crippen LogP contribution in [0.25, 0.3) is 0 Å². The van der Waals surface area contributed by atoms with Crippen molar-refractivity contribution < 1.29 is 23.4 Å². The van der Waals surface area contributed by atoms with Gasteiger partial charge in [0.05, 0.1) is 22.0 Å². The van der Waals surface area contributed by atoms with Gasteiger partial charge in [-0.05, 0) is 0 Å². The van der Waals surface area contributed by atoms with E-state index < -0.39 is 33.1 Å². The number of nitro groups is 2. The number of hydrogen-bond donors (Lipinski definition) is 0. The van der Waals surface area contributed by atoms with Crippen LogP contribution in [0.15, 0.2) is 33.5 Å². The first-order chi connectivity index (χ1) is 8.09. The summed E-state index contributed by atoms with van der Waals surface area (Å²) >= 11 is 0. The Labute approximate surface area is 92.5 Å². The zero-order valence-corrected chi connectivity index (χ0v) is 8.06. The first kappa shape index (κ1) is 10.7. The molecule has 0 radical (unpaired) electrons. The minimum absolute atomic E-state index is 0.448. The molecule has 2 aromatic rings. The maximum Gasteiger partial charge on any atom is 0.374 e. The molecule has 2 rings (SSSR count). The SMILES string of the molecule is O=[N+]([O-])c1ccoc1Oc1occc1[N+](=O)[O-]. The second kappa shape index (κ2) is 3.96. The third kappa shape index (κ3) is 1.93. The van der Waals surface area contributed by atoms with Crippen molar-refractivity contribution in [3.8, 4) is 11.9 Å². The zero-order chi connectivity index (χ0) is 12.4. The molecule has 0 aliphatic heterocycles. The lowest BCUT2D eigenvalue weighted by atomic mass is 10.5. The molecule has 0 fully saturated rings. The van der Waals surface area contributed by atoms with Crippen LogP contribution in [0.5, 0.6) is 11.9 Å². The minimum atomic E-state index is -0.742. The Kier molecular flexibility index (Phi) is 2.49. The van der Waals surface area contributed by atoms with Crippen LogP contribution in [0.1, 0.15) is 0 Å². The molecule has 0 saturated carbocycles. The van der Waals surface area contributed by atoms with Crippen molar-refractivity contribution in [2.75, 3.05) is 0 Å². The average molecular weight is 240 g/mol. The number of ether oxygens (including phenoxy) is 1. The van der Waals surface area contributed by atoms with E-state index in [0.29, 0.717) is 0 Å². The third-order valence-electron chi connectivity index (χ3n) is 1.80. The van der Waals surface area contributed by atoms with E-state index in [4.69, 9.17) is 4.74 Å². The highest BCUT2D eigenvalue weighted by Gasteiger charge is 2.26. The fourth-order valence-electron chi connectivity index (χ4n) is 1.09. The Hall–Kier alpha value is -2.84. The molecule has 0 unspecified atom stereocenters. The Balaban J connectivity index is 2.32. The molecule has 0 aliphatic carbocycles. The van der Waals surface area contributed by atoms with Gasteiger partial charge in [0.2, 0.25) is 0 Å². The molecule has 0 aromatic carbocycles. The summed E-state index contributed by atoms with van der Waals surface area (Å²) in [6.45, 7) is 0. The van der Waals surface area contributed by atoms with E-state index in [1.54, 1.807) is 0 Å². The first-order valence-electron chi connectivity index (χ1n) is 4.21. The second-order valence-corrected chi connectivity index (χ2v) is 2.80. The molecular formula is C8H4N2O7. The van der Waals surface area contributed by atoms with Crippen LogP contribution in [-0.4, -0.2) is 9.85 Å². The Morgan fingerprint density at radius 1 is 0.941 bits per heavy atom. The monoisotopic (exact) mass is 240 g/mol. The van der Waals surface area contributed by atoms with E-state index in [1.165, 1.54) is 0 Å². The molecule has 0 spiro atoms. The summed E-state index contributed by atoms with van der Waals surface area (Å²) in [6, 6.07) is 2.12. The Bertz CT molecular complexity index is 520. The van der Waals surface area contributed by atoms with Gasteiger partial charge in [0.1, 0.15) is 12.5 Å². The normalized spacial score (nSPS) is 10.1. The standard InChI is InChI=1S/C8H4N2O7/c11-9(12)5-1-3-15-7(5)17-8-6(10(13)14)2-4-16-8/h1-4H. The summed E-state index contributed by atoms with van der Waals surface area (Å²) in [4.78, 5) is 19.6. The molecule has 0 atom stereocenters. The van der Waals surface area contributed by atoms with Gasteiger partial charge in [-0.2, -0.15) is 0 Å². The number of furan rings is 2. The quantitative estimate of drug-likeness (QED) is 0.593. The summed E-state index contributed by atoms with van der Waals surface area (Å²) in [6.07, 6.45) is 2.06. The van der Waals surface area contributed by atoms with Crippen molar-refractivity contribution in [2.24, 2.45) is 0 Å². The van der Waals surface area contributed by atoms with Crippen LogP contribution in [0.4, 0.5) is 11.4 Å². The Morgan fingerprint density at radius 2 is 1.35 bits per heavy atom. The smallest absolute Gasteiger partial charge is 0.374 e. The summed E-state index contributed by atoms with van der Waals surface area (Å²) in [5, 5.41) is 21.1. The van der Waals surface area contributed by atoms with Gasteiger partial charge < -0.3 is 13.6 Å². The molecule has 0 bridgehead atoms. The van der Waals surface area contributed by atoms with E-state index >= 15 is 0 Å². The zero-order valence-electron chi connectivity index (χ0n) is 8.06. The maximum atomic E-state index is 10.5. The van der Waals surface area contributed by atoms with Crippen LogP contribution in [0.2, 0.25) is 0 Å². The number of nitrogens with zero attached hydrogens (tertiary/aromatic N) is 2. The van der Waals surface area contributed by atoms with Gasteiger partial charge in [0, 0.05) is 0 Å². The highest BCUT2D eigenvalue weighted by molar-refractivity contribution is 5.44. The van der Waals surface area contributed by atoms with E-state index in [-0.39, 0.29) is 0 Å². The maximum absolute atomic E-state index is 10.5. The lowest BCUT2D eigenvalue weighted by molar-refractivity contribution is -0.388. The summed E-state index contributed by atoms with van der Waals surface area (Å²) in [5.74, 6) is -0.957. The molecule has 88 valence electrons. The number of rotatable bonds is 4. The van der Waals surface area contributed by atoms with E-state index in [0.717, 1.165) is 24.7 Å². The van der Waals surface area contributed by atoms with Gasteiger partial charge in [-0.15, -0.1) is 0 Å². The van der Waals surface area contributed by atoms with E-state index in [2.05, 4.69) is 8.83 Å². The lowest BCUT2D eigenvalue weighted by Gasteiger charge is -1.96. The summed E-state index contributed by atoms with van der Waals surface area (Å²) < 4.78 is 14.2. The molecule has 2 heterocycles. The molecule has 0 amide bonds. The van der Waals surface area contributed by atoms with Crippen LogP contribution < -0.4 is 4.74 Å². The fraction of sp³-hybridized carbons (Fsp3) is 0. The van der Waals surface area contributed by atoms with E-state index in [9.17, 15) is 20.2 Å². The molecule has 0 N–H and O–H groups in total. The van der Waals surface area contributed by atoms with Crippen molar-refractivity contribution in [1.29, 1.82) is 0 Å². The van der Waals surface area contributed by atoms with Crippen LogP contribution in [0, 0.1) is 20.2 Å². The molecule has 9 nitrogen and oxygen atoms in total. The fourth-order valence-corrected chi connectivity index (χ4v) is 1.09. The van der Waals surface area contributed by atoms with E-state index in [1.807, 2.05) is 0 Å². The summed E-state index contributed by atoms with van der Waals surface area (Å²) in [7, 11) is 0. The van der Waals surface area contributed by atoms with Gasteiger partial charge in [0.25, 0.3) is 0 Å². The van der Waals surface area contributed by atoms with Crippen molar-refractivity contribution in [1.82, 2.24) is 0 Å². The third-order valence-corrected chi connectivity index (χ3v) is 1.80. The van der Waals surface area contributed by atoms with Crippen LogP contribution >= 0.6 is 0 Å². The lowest BCUT2D eigenvalue weighted by Crippen LogP contribution is -1.92. The van der Waals surface area contributed by atoms with Gasteiger partial charge in [-0.3, -0.25) is 20.2 Å². The predicted octanol–water partition coefficient (Wildman–Crippen LogP) is 2.48. The van der Waals surface area contributed by atoms with Gasteiger partial charge in [-0.1, -0.05) is 0 Å². The summed E-state index contributed by atoms with van der Waals surface area (Å²) in [5.41, 5.74) is -0.897. The topological polar surface area (TPSA) is 122 Å². The van der Waals surface area contributed by atoms with Gasteiger partial charge >= 0.3 is 23.3 Å². The average Bonchev–Trinajstić information content (AvgIpc) is 2.86. The van der Waals surface area contributed by atoms with Gasteiger partial charge in [-0.25, -0.2) is 0 Å². The highest BCUT2D eigenvalue weighted by Crippen LogP contribution is 2.37. The van der Waals surface area contributed by atoms with Crippen LogP contribution in [0.3, 0.4) is 0 Å². The first-order valence-corrected chi connectivity index (χ1v) is 4.21. The molecule has 2 aromatic heterocycles. The van der Waals surface area contributed by atoms with Crippen molar-refractivity contribution in [2.45, 2.75) is 0 Å². The molecule has 9 heteroatoms. The highest BCUT2D eigenvalue weighted by atomic mass is 16.7. The van der Waals surface area contributed by atoms with Crippen molar-refractivity contribution >= 4 is 11.4 Å². The van der Waals surface area contributed by atoms with Crippen molar-refractivity contribution in [3.63, 3.8) is 0 Å². The largest absolute Gasteiger partial charge is 0.429 e. The minimum Gasteiger partial charge on any atom is -0.429 e. The Morgan fingerprint density at radius 3 is 1.71 bits per heavy atom. The molecule has 0 saturated heterocycles.